The van der Waals surface area contributed by atoms with Crippen LogP contribution in [0.4, 0.5) is 50.0 Å². The van der Waals surface area contributed by atoms with E-state index < -0.39 is 56.9 Å². The van der Waals surface area contributed by atoms with Crippen LogP contribution >= 0.6 is 0 Å². The monoisotopic (exact) mass is 653 g/mol. The standard InChI is InChI=1S/C26H32F9N3O4S/c1-43(40,41)19-5-11-36(12-6-19)20-15-18(24(27,28)29)4-3-17(20)16-38-10-2-7-23(38)8-13-37(14-9-23)22(39)42-21(25(30,31)32)26(33,34)35/h3-4,15,19,21H,2,5-14,16H2,1H3. The van der Waals surface area contributed by atoms with Crippen LogP contribution in [0.3, 0.4) is 0 Å². The van der Waals surface area contributed by atoms with Crippen molar-refractivity contribution in [2.75, 3.05) is 43.9 Å². The summed E-state index contributed by atoms with van der Waals surface area (Å²) in [6.45, 7) is 0.933. The molecule has 1 aromatic carbocycles. The molecule has 4 rings (SSSR count). The number of rotatable bonds is 5. The maximum absolute atomic E-state index is 13.6. The van der Waals surface area contributed by atoms with Gasteiger partial charge in [0.1, 0.15) is 9.84 Å². The quantitative estimate of drug-likeness (QED) is 0.376. The van der Waals surface area contributed by atoms with Gasteiger partial charge in [-0.3, -0.25) is 4.90 Å². The number of amides is 1. The van der Waals surface area contributed by atoms with Gasteiger partial charge in [0.2, 0.25) is 0 Å². The van der Waals surface area contributed by atoms with E-state index in [-0.39, 0.29) is 58.4 Å². The molecule has 0 aliphatic carbocycles. The Morgan fingerprint density at radius 3 is 2.02 bits per heavy atom. The van der Waals surface area contributed by atoms with Gasteiger partial charge in [-0.1, -0.05) is 6.07 Å². The molecular weight excluding hydrogens is 621 g/mol. The Hall–Kier alpha value is -2.43. The van der Waals surface area contributed by atoms with E-state index in [9.17, 15) is 52.7 Å². The van der Waals surface area contributed by atoms with Crippen LogP contribution in [0.5, 0.6) is 0 Å². The van der Waals surface area contributed by atoms with Gasteiger partial charge in [0, 0.05) is 50.2 Å². The number of anilines is 1. The maximum Gasteiger partial charge on any atom is 0.434 e. The van der Waals surface area contributed by atoms with E-state index in [1.807, 2.05) is 4.90 Å². The van der Waals surface area contributed by atoms with Gasteiger partial charge < -0.3 is 14.5 Å². The highest BCUT2D eigenvalue weighted by molar-refractivity contribution is 7.91. The first-order valence-electron chi connectivity index (χ1n) is 13.7. The number of hydrogen-bond donors (Lipinski definition) is 0. The Morgan fingerprint density at radius 2 is 1.51 bits per heavy atom. The first-order chi connectivity index (χ1) is 19.7. The second kappa shape index (κ2) is 11.8. The van der Waals surface area contributed by atoms with Gasteiger partial charge in [0.15, 0.2) is 0 Å². The minimum absolute atomic E-state index is 0.156. The number of carbonyl (C=O) groups excluding carboxylic acids is 1. The van der Waals surface area contributed by atoms with Crippen LogP contribution in [0.15, 0.2) is 18.2 Å². The molecule has 0 atom stereocenters. The van der Waals surface area contributed by atoms with Crippen LogP contribution in [0.2, 0.25) is 0 Å². The average Bonchev–Trinajstić information content (AvgIpc) is 3.26. The fourth-order valence-electron chi connectivity index (χ4n) is 6.31. The molecule has 0 aromatic heterocycles. The van der Waals surface area contributed by atoms with Crippen LogP contribution in [0.1, 0.15) is 49.7 Å². The second-order valence-corrected chi connectivity index (χ2v) is 13.8. The summed E-state index contributed by atoms with van der Waals surface area (Å²) in [4.78, 5) is 16.8. The summed E-state index contributed by atoms with van der Waals surface area (Å²) in [5, 5.41) is -0.584. The third-order valence-corrected chi connectivity index (χ3v) is 10.4. The lowest BCUT2D eigenvalue weighted by atomic mass is 9.84. The highest BCUT2D eigenvalue weighted by Gasteiger charge is 2.60. The van der Waals surface area contributed by atoms with Crippen molar-refractivity contribution in [1.82, 2.24) is 9.80 Å². The minimum Gasteiger partial charge on any atom is -0.426 e. The third-order valence-electron chi connectivity index (χ3n) is 8.67. The Kier molecular flexibility index (Phi) is 9.20. The molecule has 3 aliphatic heterocycles. The Labute approximate surface area is 242 Å². The fraction of sp³-hybridized carbons (Fsp3) is 0.731. The molecule has 43 heavy (non-hydrogen) atoms. The van der Waals surface area contributed by atoms with Gasteiger partial charge in [0.25, 0.3) is 6.10 Å². The Morgan fingerprint density at radius 1 is 0.930 bits per heavy atom. The third kappa shape index (κ3) is 7.63. The SMILES string of the molecule is CS(=O)(=O)C1CCN(c2cc(C(F)(F)F)ccc2CN2CCCC23CCN(C(=O)OC(C(F)(F)F)C(F)(F)F)CC3)CC1. The summed E-state index contributed by atoms with van der Waals surface area (Å²) >= 11 is 0. The summed E-state index contributed by atoms with van der Waals surface area (Å²) in [7, 11) is -3.31. The van der Waals surface area contributed by atoms with E-state index in [1.165, 1.54) is 6.07 Å². The van der Waals surface area contributed by atoms with Crippen molar-refractivity contribution in [3.8, 4) is 0 Å². The highest BCUT2D eigenvalue weighted by Crippen LogP contribution is 2.42. The number of benzene rings is 1. The van der Waals surface area contributed by atoms with Crippen molar-refractivity contribution in [2.45, 2.75) is 80.5 Å². The Balaban J connectivity index is 1.49. The van der Waals surface area contributed by atoms with Crippen LogP contribution in [-0.4, -0.2) is 92.5 Å². The van der Waals surface area contributed by atoms with Gasteiger partial charge >= 0.3 is 24.6 Å². The predicted octanol–water partition coefficient (Wildman–Crippen LogP) is 5.78. The van der Waals surface area contributed by atoms with Crippen molar-refractivity contribution in [3.05, 3.63) is 29.3 Å². The number of likely N-dealkylation sites (tertiary alicyclic amines) is 2. The number of piperidine rings is 2. The normalized spacial score (nSPS) is 21.2. The van der Waals surface area contributed by atoms with Gasteiger partial charge in [0.05, 0.1) is 10.8 Å². The molecule has 0 unspecified atom stereocenters. The average molecular weight is 654 g/mol. The molecular formula is C26H32F9N3O4S. The number of ether oxygens (including phenoxy) is 1. The first kappa shape index (κ1) is 33.5. The molecule has 3 fully saturated rings. The first-order valence-corrected chi connectivity index (χ1v) is 15.6. The number of nitrogens with zero attached hydrogens (tertiary/aromatic N) is 3. The van der Waals surface area contributed by atoms with Crippen molar-refractivity contribution in [2.24, 2.45) is 0 Å². The topological polar surface area (TPSA) is 70.2 Å². The molecule has 3 aliphatic rings. The molecule has 244 valence electrons. The maximum atomic E-state index is 13.6. The highest BCUT2D eigenvalue weighted by atomic mass is 32.2. The number of carbonyl (C=O) groups is 1. The zero-order chi connectivity index (χ0) is 32.0. The lowest BCUT2D eigenvalue weighted by Crippen LogP contribution is -2.54. The number of alkyl halides is 9. The predicted molar refractivity (Wildman–Crippen MR) is 137 cm³/mol. The van der Waals surface area contributed by atoms with E-state index in [4.69, 9.17) is 0 Å². The van der Waals surface area contributed by atoms with Crippen LogP contribution < -0.4 is 4.90 Å². The smallest absolute Gasteiger partial charge is 0.426 e. The second-order valence-electron chi connectivity index (χ2n) is 11.4. The molecule has 3 saturated heterocycles. The zero-order valence-corrected chi connectivity index (χ0v) is 24.0. The molecule has 0 bridgehead atoms. The van der Waals surface area contributed by atoms with Gasteiger partial charge in [-0.15, -0.1) is 0 Å². The number of sulfone groups is 1. The minimum atomic E-state index is -5.83. The van der Waals surface area contributed by atoms with Crippen molar-refractivity contribution in [3.63, 3.8) is 0 Å². The summed E-state index contributed by atoms with van der Waals surface area (Å²) in [5.74, 6) is 0. The van der Waals surface area contributed by atoms with E-state index in [0.29, 0.717) is 30.6 Å². The zero-order valence-electron chi connectivity index (χ0n) is 23.2. The van der Waals surface area contributed by atoms with E-state index in [2.05, 4.69) is 4.74 Å². The summed E-state index contributed by atoms with van der Waals surface area (Å²) in [5.41, 5.74) is -0.509. The fourth-order valence-corrected chi connectivity index (χ4v) is 7.37. The van der Waals surface area contributed by atoms with Gasteiger partial charge in [-0.25, -0.2) is 13.2 Å². The van der Waals surface area contributed by atoms with Crippen molar-refractivity contribution < 1.29 is 57.5 Å². The molecule has 1 spiro atoms. The van der Waals surface area contributed by atoms with Crippen LogP contribution in [-0.2, 0) is 27.3 Å². The summed E-state index contributed by atoms with van der Waals surface area (Å²) < 4.78 is 146. The molecule has 17 heteroatoms. The largest absolute Gasteiger partial charge is 0.434 e. The van der Waals surface area contributed by atoms with Crippen LogP contribution in [0.25, 0.3) is 0 Å². The van der Waals surface area contributed by atoms with Gasteiger partial charge in [-0.05, 0) is 62.8 Å². The molecule has 0 N–H and O–H groups in total. The van der Waals surface area contributed by atoms with Crippen molar-refractivity contribution in [1.29, 1.82) is 0 Å². The lowest BCUT2D eigenvalue weighted by molar-refractivity contribution is -0.308. The molecule has 0 saturated carbocycles. The van der Waals surface area contributed by atoms with E-state index in [1.54, 1.807) is 4.90 Å². The molecule has 1 amide bonds. The van der Waals surface area contributed by atoms with Crippen molar-refractivity contribution >= 4 is 21.6 Å². The van der Waals surface area contributed by atoms with Gasteiger partial charge in [-0.2, -0.15) is 39.5 Å². The van der Waals surface area contributed by atoms with E-state index >= 15 is 0 Å². The molecule has 0 radical (unpaired) electrons. The Bertz CT molecular complexity index is 1250. The molecule has 3 heterocycles. The lowest BCUT2D eigenvalue weighted by Gasteiger charge is -2.45. The van der Waals surface area contributed by atoms with E-state index in [0.717, 1.165) is 23.3 Å². The molecule has 1 aromatic rings. The number of hydrogen-bond acceptors (Lipinski definition) is 6. The number of halogens is 9. The molecule has 7 nitrogen and oxygen atoms in total. The van der Waals surface area contributed by atoms with Crippen LogP contribution in [0, 0.1) is 0 Å². The summed E-state index contributed by atoms with van der Waals surface area (Å²) in [6.07, 6.45) is -18.8. The summed E-state index contributed by atoms with van der Waals surface area (Å²) in [6, 6.07) is 3.41.